The number of rotatable bonds is 3. The zero-order valence-corrected chi connectivity index (χ0v) is 9.76. The Balaban J connectivity index is 2.05. The molecule has 3 nitrogen and oxygen atoms in total. The maximum Gasteiger partial charge on any atom is 0.132 e. The first kappa shape index (κ1) is 10.3. The molecule has 1 aromatic heterocycles. The second-order valence-corrected chi connectivity index (χ2v) is 4.68. The Morgan fingerprint density at radius 2 is 2.00 bits per heavy atom. The number of hydrogen-bond donors (Lipinski definition) is 0. The van der Waals surface area contributed by atoms with E-state index in [2.05, 4.69) is 5.10 Å². The third kappa shape index (κ3) is 1.58. The zero-order chi connectivity index (χ0) is 11.9. The standard InChI is InChI=1S/C14H14N2O/c1-16-13(14(10-17)7-8-14)9-12(15-16)11-5-3-2-4-6-11/h2-6,9-10H,7-8H2,1H3. The molecule has 3 heteroatoms. The lowest BCUT2D eigenvalue weighted by molar-refractivity contribution is -0.110. The van der Waals surface area contributed by atoms with Gasteiger partial charge in [0.15, 0.2) is 0 Å². The van der Waals surface area contributed by atoms with Gasteiger partial charge in [0, 0.05) is 12.6 Å². The molecule has 1 saturated carbocycles. The molecular formula is C14H14N2O. The van der Waals surface area contributed by atoms with Crippen molar-refractivity contribution in [2.75, 3.05) is 0 Å². The van der Waals surface area contributed by atoms with Crippen LogP contribution in [-0.4, -0.2) is 16.1 Å². The number of aldehydes is 1. The summed E-state index contributed by atoms with van der Waals surface area (Å²) in [5.74, 6) is 0. The van der Waals surface area contributed by atoms with E-state index in [0.29, 0.717) is 0 Å². The van der Waals surface area contributed by atoms with E-state index in [1.165, 1.54) is 0 Å². The molecule has 0 amide bonds. The third-order valence-electron chi connectivity index (χ3n) is 3.47. The quantitative estimate of drug-likeness (QED) is 0.753. The lowest BCUT2D eigenvalue weighted by Crippen LogP contribution is -2.13. The Hall–Kier alpha value is -1.90. The molecule has 0 unspecified atom stereocenters. The van der Waals surface area contributed by atoms with Gasteiger partial charge in [0.25, 0.3) is 0 Å². The maximum absolute atomic E-state index is 11.1. The van der Waals surface area contributed by atoms with Gasteiger partial charge in [-0.2, -0.15) is 5.10 Å². The van der Waals surface area contributed by atoms with Crippen LogP contribution in [0.4, 0.5) is 0 Å². The van der Waals surface area contributed by atoms with Gasteiger partial charge >= 0.3 is 0 Å². The minimum Gasteiger partial charge on any atom is -0.302 e. The van der Waals surface area contributed by atoms with Crippen molar-refractivity contribution in [3.63, 3.8) is 0 Å². The van der Waals surface area contributed by atoms with Gasteiger partial charge in [0.1, 0.15) is 6.29 Å². The van der Waals surface area contributed by atoms with Crippen LogP contribution in [0.15, 0.2) is 36.4 Å². The van der Waals surface area contributed by atoms with Gasteiger partial charge in [0.05, 0.1) is 16.8 Å². The predicted octanol–water partition coefficient (Wildman–Crippen LogP) is 2.32. The maximum atomic E-state index is 11.1. The fourth-order valence-electron chi connectivity index (χ4n) is 2.25. The summed E-state index contributed by atoms with van der Waals surface area (Å²) in [5, 5.41) is 4.49. The van der Waals surface area contributed by atoms with Crippen LogP contribution < -0.4 is 0 Å². The van der Waals surface area contributed by atoms with E-state index in [1.807, 2.05) is 48.1 Å². The van der Waals surface area contributed by atoms with Crippen LogP contribution in [0.3, 0.4) is 0 Å². The van der Waals surface area contributed by atoms with Gasteiger partial charge in [-0.1, -0.05) is 30.3 Å². The molecule has 1 aromatic carbocycles. The Labute approximate surface area is 100 Å². The molecule has 0 N–H and O–H groups in total. The number of carbonyl (C=O) groups is 1. The fraction of sp³-hybridized carbons (Fsp3) is 0.286. The minimum atomic E-state index is -0.255. The van der Waals surface area contributed by atoms with Crippen molar-refractivity contribution in [3.8, 4) is 11.3 Å². The van der Waals surface area contributed by atoms with Crippen molar-refractivity contribution in [1.29, 1.82) is 0 Å². The molecule has 1 aliphatic carbocycles. The summed E-state index contributed by atoms with van der Waals surface area (Å²) in [7, 11) is 1.91. The first-order valence-electron chi connectivity index (χ1n) is 5.81. The molecule has 0 saturated heterocycles. The molecule has 0 bridgehead atoms. The first-order chi connectivity index (χ1) is 8.25. The summed E-state index contributed by atoms with van der Waals surface area (Å²) in [6, 6.07) is 12.1. The van der Waals surface area contributed by atoms with Crippen molar-refractivity contribution in [3.05, 3.63) is 42.1 Å². The van der Waals surface area contributed by atoms with Crippen molar-refractivity contribution in [2.24, 2.45) is 7.05 Å². The number of nitrogens with zero attached hydrogens (tertiary/aromatic N) is 2. The molecule has 1 heterocycles. The second kappa shape index (κ2) is 3.55. The van der Waals surface area contributed by atoms with Crippen molar-refractivity contribution in [2.45, 2.75) is 18.3 Å². The van der Waals surface area contributed by atoms with Crippen molar-refractivity contribution in [1.82, 2.24) is 9.78 Å². The van der Waals surface area contributed by atoms with Gasteiger partial charge in [-0.15, -0.1) is 0 Å². The summed E-state index contributed by atoms with van der Waals surface area (Å²) in [6.07, 6.45) is 2.97. The second-order valence-electron chi connectivity index (χ2n) is 4.68. The normalized spacial score (nSPS) is 16.8. The highest BCUT2D eigenvalue weighted by Gasteiger charge is 2.46. The summed E-state index contributed by atoms with van der Waals surface area (Å²) in [5.41, 5.74) is 2.81. The van der Waals surface area contributed by atoms with E-state index in [4.69, 9.17) is 0 Å². The van der Waals surface area contributed by atoms with E-state index >= 15 is 0 Å². The highest BCUT2D eigenvalue weighted by molar-refractivity contribution is 5.73. The van der Waals surface area contributed by atoms with Gasteiger partial charge in [-0.3, -0.25) is 4.68 Å². The molecular weight excluding hydrogens is 212 g/mol. The average molecular weight is 226 g/mol. The van der Waals surface area contributed by atoms with E-state index in [0.717, 1.165) is 36.1 Å². The molecule has 0 spiro atoms. The number of benzene rings is 1. The number of carbonyl (C=O) groups excluding carboxylic acids is 1. The Kier molecular flexibility index (Phi) is 2.15. The third-order valence-corrected chi connectivity index (χ3v) is 3.47. The molecule has 0 aliphatic heterocycles. The summed E-state index contributed by atoms with van der Waals surface area (Å²) < 4.78 is 1.84. The van der Waals surface area contributed by atoms with Gasteiger partial charge < -0.3 is 4.79 Å². The van der Waals surface area contributed by atoms with E-state index in [-0.39, 0.29) is 5.41 Å². The number of hydrogen-bond acceptors (Lipinski definition) is 2. The van der Waals surface area contributed by atoms with Gasteiger partial charge in [-0.25, -0.2) is 0 Å². The predicted molar refractivity (Wildman–Crippen MR) is 65.6 cm³/mol. The van der Waals surface area contributed by atoms with Crippen LogP contribution in [0.5, 0.6) is 0 Å². The average Bonchev–Trinajstić information content (AvgIpc) is 3.07. The fourth-order valence-corrected chi connectivity index (χ4v) is 2.25. The van der Waals surface area contributed by atoms with E-state index in [1.54, 1.807) is 0 Å². The smallest absolute Gasteiger partial charge is 0.132 e. The van der Waals surface area contributed by atoms with Crippen LogP contribution >= 0.6 is 0 Å². The zero-order valence-electron chi connectivity index (χ0n) is 9.76. The van der Waals surface area contributed by atoms with Gasteiger partial charge in [0.2, 0.25) is 0 Å². The van der Waals surface area contributed by atoms with Gasteiger partial charge in [-0.05, 0) is 18.9 Å². The highest BCUT2D eigenvalue weighted by atomic mass is 16.1. The summed E-state index contributed by atoms with van der Waals surface area (Å²) in [6.45, 7) is 0. The van der Waals surface area contributed by atoms with Crippen molar-refractivity contribution >= 4 is 6.29 Å². The topological polar surface area (TPSA) is 34.9 Å². The van der Waals surface area contributed by atoms with Crippen LogP contribution in [-0.2, 0) is 17.3 Å². The molecule has 0 radical (unpaired) electrons. The Bertz CT molecular complexity index is 553. The molecule has 17 heavy (non-hydrogen) atoms. The molecule has 0 atom stereocenters. The van der Waals surface area contributed by atoms with Crippen LogP contribution in [0.25, 0.3) is 11.3 Å². The summed E-state index contributed by atoms with van der Waals surface area (Å²) >= 11 is 0. The minimum absolute atomic E-state index is 0.255. The van der Waals surface area contributed by atoms with E-state index < -0.39 is 0 Å². The summed E-state index contributed by atoms with van der Waals surface area (Å²) in [4.78, 5) is 11.1. The largest absolute Gasteiger partial charge is 0.302 e. The van der Waals surface area contributed by atoms with Crippen LogP contribution in [0, 0.1) is 0 Å². The van der Waals surface area contributed by atoms with Crippen LogP contribution in [0.1, 0.15) is 18.5 Å². The lowest BCUT2D eigenvalue weighted by Gasteiger charge is -2.05. The Morgan fingerprint density at radius 3 is 2.59 bits per heavy atom. The molecule has 2 aromatic rings. The SMILES string of the molecule is Cn1nc(-c2ccccc2)cc1C1(C=O)CC1. The van der Waals surface area contributed by atoms with Crippen molar-refractivity contribution < 1.29 is 4.79 Å². The molecule has 3 rings (SSSR count). The molecule has 1 fully saturated rings. The first-order valence-corrected chi connectivity index (χ1v) is 5.81. The van der Waals surface area contributed by atoms with Crippen LogP contribution in [0.2, 0.25) is 0 Å². The lowest BCUT2D eigenvalue weighted by atomic mass is 10.0. The van der Waals surface area contributed by atoms with E-state index in [9.17, 15) is 4.79 Å². The number of aromatic nitrogens is 2. The Morgan fingerprint density at radius 1 is 1.29 bits per heavy atom. The monoisotopic (exact) mass is 226 g/mol. The molecule has 1 aliphatic rings. The molecule has 86 valence electrons. The highest BCUT2D eigenvalue weighted by Crippen LogP contribution is 2.46. The number of aryl methyl sites for hydroxylation is 1.